The number of ketones is 1. The molecule has 2 fully saturated rings. The van der Waals surface area contributed by atoms with Crippen LogP contribution in [0.4, 0.5) is 0 Å². The van der Waals surface area contributed by atoms with Crippen LogP contribution >= 0.6 is 0 Å². The van der Waals surface area contributed by atoms with E-state index in [0.717, 1.165) is 19.3 Å². The van der Waals surface area contributed by atoms with Crippen molar-refractivity contribution in [3.05, 3.63) is 23.3 Å². The maximum atomic E-state index is 12.5. The molecule has 6 heteroatoms. The quantitative estimate of drug-likeness (QED) is 0.386. The van der Waals surface area contributed by atoms with E-state index in [0.29, 0.717) is 18.8 Å². The second-order valence-electron chi connectivity index (χ2n) is 14.3. The summed E-state index contributed by atoms with van der Waals surface area (Å²) < 4.78 is 5.78. The number of carbonyl (C=O) groups is 3. The average Bonchev–Trinajstić information content (AvgIpc) is 3.01. The fourth-order valence-electron chi connectivity index (χ4n) is 9.26. The molecule has 6 nitrogen and oxygen atoms in total. The number of aliphatic carboxylic acids is 1. The second kappa shape index (κ2) is 9.60. The van der Waals surface area contributed by atoms with Crippen molar-refractivity contribution in [2.75, 3.05) is 0 Å². The molecule has 38 heavy (non-hydrogen) atoms. The molecular weight excluding hydrogens is 480 g/mol. The normalized spacial score (nSPS) is 40.3. The fraction of sp³-hybridized carbons (Fsp3) is 0.781. The van der Waals surface area contributed by atoms with Gasteiger partial charge in [0.2, 0.25) is 0 Å². The number of allylic oxidation sites excluding steroid dienone is 4. The number of aliphatic hydroxyl groups excluding tert-OH is 1. The predicted octanol–water partition coefficient (Wildman–Crippen LogP) is 6.12. The Balaban J connectivity index is 1.70. The summed E-state index contributed by atoms with van der Waals surface area (Å²) in [5, 5.41) is 21.8. The van der Waals surface area contributed by atoms with E-state index in [1.165, 1.54) is 18.1 Å². The molecule has 8 atom stereocenters. The summed E-state index contributed by atoms with van der Waals surface area (Å²) >= 11 is 0. The minimum absolute atomic E-state index is 0.0726. The van der Waals surface area contributed by atoms with Crippen molar-refractivity contribution in [2.24, 2.45) is 45.3 Å². The van der Waals surface area contributed by atoms with Crippen LogP contribution < -0.4 is 0 Å². The van der Waals surface area contributed by atoms with E-state index in [4.69, 9.17) is 4.74 Å². The number of esters is 1. The van der Waals surface area contributed by atoms with Crippen LogP contribution in [0.3, 0.4) is 0 Å². The molecule has 0 amide bonds. The lowest BCUT2D eigenvalue weighted by molar-refractivity contribution is -0.165. The van der Waals surface area contributed by atoms with Crippen molar-refractivity contribution < 1.29 is 29.3 Å². The minimum atomic E-state index is -0.916. The van der Waals surface area contributed by atoms with Gasteiger partial charge in [-0.05, 0) is 66.4 Å². The van der Waals surface area contributed by atoms with Crippen molar-refractivity contribution in [3.8, 4) is 0 Å². The lowest BCUT2D eigenvalue weighted by Gasteiger charge is -2.61. The highest BCUT2D eigenvalue weighted by Gasteiger charge is 2.66. The van der Waals surface area contributed by atoms with E-state index in [-0.39, 0.29) is 52.9 Å². The topological polar surface area (TPSA) is 101 Å². The molecule has 212 valence electrons. The molecule has 0 unspecified atom stereocenters. The Morgan fingerprint density at radius 3 is 2.32 bits per heavy atom. The molecule has 2 N–H and O–H groups in total. The van der Waals surface area contributed by atoms with Gasteiger partial charge in [-0.15, -0.1) is 0 Å². The molecule has 0 radical (unpaired) electrons. The van der Waals surface area contributed by atoms with Gasteiger partial charge < -0.3 is 14.9 Å². The van der Waals surface area contributed by atoms with Gasteiger partial charge in [0.1, 0.15) is 11.9 Å². The van der Waals surface area contributed by atoms with E-state index in [1.807, 2.05) is 13.8 Å². The first-order valence-corrected chi connectivity index (χ1v) is 14.5. The van der Waals surface area contributed by atoms with E-state index in [9.17, 15) is 24.6 Å². The highest BCUT2D eigenvalue weighted by molar-refractivity contribution is 5.81. The molecule has 4 aliphatic rings. The van der Waals surface area contributed by atoms with Crippen LogP contribution in [0.25, 0.3) is 0 Å². The summed E-state index contributed by atoms with van der Waals surface area (Å²) in [6.07, 6.45) is 8.17. The van der Waals surface area contributed by atoms with Crippen LogP contribution in [0.15, 0.2) is 23.3 Å². The third kappa shape index (κ3) is 4.20. The fourth-order valence-corrected chi connectivity index (χ4v) is 9.26. The Labute approximate surface area is 228 Å². The summed E-state index contributed by atoms with van der Waals surface area (Å²) in [7, 11) is 0. The molecule has 0 heterocycles. The van der Waals surface area contributed by atoms with E-state index in [1.54, 1.807) is 0 Å². The van der Waals surface area contributed by atoms with Crippen LogP contribution in [-0.4, -0.2) is 40.1 Å². The highest BCUT2D eigenvalue weighted by atomic mass is 16.5. The molecule has 0 saturated heterocycles. The summed E-state index contributed by atoms with van der Waals surface area (Å²) in [4.78, 5) is 36.8. The summed E-state index contributed by atoms with van der Waals surface area (Å²) in [6, 6.07) is 0. The standard InChI is InChI=1S/C32H48O6/c1-18(2)23(34)11-9-20(28(36)37)27-24(35)17-32(8)22-10-12-25-29(4,5)26(38-19(3)33)14-15-30(25,6)21(22)13-16-31(27,32)7/h10,13,18,20,24-27,35H,9,11-12,14-17H2,1-8H3,(H,36,37)/t20-,24-,25+,26+,27+,30-,31-,32+/m1/s1. The zero-order valence-corrected chi connectivity index (χ0v) is 24.6. The van der Waals surface area contributed by atoms with Gasteiger partial charge in [0.15, 0.2) is 0 Å². The van der Waals surface area contributed by atoms with Gasteiger partial charge in [-0.25, -0.2) is 0 Å². The molecule has 0 aliphatic heterocycles. The number of hydrogen-bond donors (Lipinski definition) is 2. The molecule has 4 aliphatic carbocycles. The summed E-state index contributed by atoms with van der Waals surface area (Å²) in [5.74, 6) is -2.07. The second-order valence-corrected chi connectivity index (χ2v) is 14.3. The van der Waals surface area contributed by atoms with Crippen LogP contribution in [0.1, 0.15) is 100 Å². The average molecular weight is 529 g/mol. The van der Waals surface area contributed by atoms with Crippen molar-refractivity contribution >= 4 is 17.7 Å². The number of carboxylic acids is 1. The lowest BCUT2D eigenvalue weighted by atomic mass is 9.44. The van der Waals surface area contributed by atoms with Crippen molar-refractivity contribution in [3.63, 3.8) is 0 Å². The van der Waals surface area contributed by atoms with Gasteiger partial charge in [-0.2, -0.15) is 0 Å². The van der Waals surface area contributed by atoms with E-state index < -0.39 is 29.3 Å². The Bertz CT molecular complexity index is 1070. The molecule has 0 aromatic carbocycles. The third-order valence-electron chi connectivity index (χ3n) is 11.6. The molecule has 0 spiro atoms. The number of rotatable bonds is 7. The highest BCUT2D eigenvalue weighted by Crippen LogP contribution is 2.71. The molecule has 0 aromatic heterocycles. The van der Waals surface area contributed by atoms with Crippen LogP contribution in [-0.2, 0) is 19.1 Å². The van der Waals surface area contributed by atoms with Crippen LogP contribution in [0, 0.1) is 45.3 Å². The number of ether oxygens (including phenoxy) is 1. The molecule has 0 aromatic rings. The van der Waals surface area contributed by atoms with Gasteiger partial charge >= 0.3 is 11.9 Å². The maximum absolute atomic E-state index is 12.5. The first-order valence-electron chi connectivity index (χ1n) is 14.5. The lowest BCUT2D eigenvalue weighted by Crippen LogP contribution is -2.55. The van der Waals surface area contributed by atoms with Gasteiger partial charge in [0.25, 0.3) is 0 Å². The largest absolute Gasteiger partial charge is 0.481 e. The Kier molecular flexibility index (Phi) is 7.34. The number of aliphatic hydroxyl groups is 1. The summed E-state index contributed by atoms with van der Waals surface area (Å²) in [6.45, 7) is 16.4. The molecular formula is C32H48O6. The molecule has 0 bridgehead atoms. The zero-order chi connectivity index (χ0) is 28.4. The Hall–Kier alpha value is -1.95. The Morgan fingerprint density at radius 1 is 1.08 bits per heavy atom. The van der Waals surface area contributed by atoms with Crippen molar-refractivity contribution in [1.82, 2.24) is 0 Å². The number of fused-ring (bicyclic) bond motifs is 5. The van der Waals surface area contributed by atoms with Crippen LogP contribution in [0.5, 0.6) is 0 Å². The van der Waals surface area contributed by atoms with Crippen molar-refractivity contribution in [2.45, 2.75) is 113 Å². The number of Topliss-reactive ketones (excluding diaryl/α,β-unsaturated/α-hetero) is 1. The van der Waals surface area contributed by atoms with Crippen LogP contribution in [0.2, 0.25) is 0 Å². The Morgan fingerprint density at radius 2 is 1.74 bits per heavy atom. The van der Waals surface area contributed by atoms with E-state index in [2.05, 4.69) is 46.8 Å². The maximum Gasteiger partial charge on any atom is 0.306 e. The van der Waals surface area contributed by atoms with Gasteiger partial charge in [-0.3, -0.25) is 14.4 Å². The summed E-state index contributed by atoms with van der Waals surface area (Å²) in [5.41, 5.74) is 1.57. The first-order chi connectivity index (χ1) is 17.5. The minimum Gasteiger partial charge on any atom is -0.481 e. The molecule has 2 saturated carbocycles. The monoisotopic (exact) mass is 528 g/mol. The first kappa shape index (κ1) is 29.0. The van der Waals surface area contributed by atoms with Crippen molar-refractivity contribution in [1.29, 1.82) is 0 Å². The van der Waals surface area contributed by atoms with Gasteiger partial charge in [0, 0.05) is 36.0 Å². The third-order valence-corrected chi connectivity index (χ3v) is 11.6. The van der Waals surface area contributed by atoms with Gasteiger partial charge in [-0.1, -0.05) is 60.6 Å². The number of carbonyl (C=O) groups excluding carboxylic acids is 2. The predicted molar refractivity (Wildman–Crippen MR) is 146 cm³/mol. The SMILES string of the molecule is CC(=O)O[C@H]1CC[C@]2(C)C3=CC[C@]4(C)[C@@H]([C@@H](CCC(=O)C(C)C)C(=O)O)[C@H](O)C[C@@]4(C)C3=CC[C@H]2C1(C)C. The van der Waals surface area contributed by atoms with Gasteiger partial charge in [0.05, 0.1) is 12.0 Å². The number of carboxylic acid groups (broad SMARTS) is 1. The molecule has 4 rings (SSSR count). The van der Waals surface area contributed by atoms with E-state index >= 15 is 0 Å². The number of hydrogen-bond acceptors (Lipinski definition) is 5. The zero-order valence-electron chi connectivity index (χ0n) is 24.6. The smallest absolute Gasteiger partial charge is 0.306 e.